The van der Waals surface area contributed by atoms with E-state index in [1.54, 1.807) is 30.0 Å². The lowest BCUT2D eigenvalue weighted by atomic mass is 9.96. The molecule has 0 aliphatic carbocycles. The molecule has 1 amide bonds. The second-order valence-corrected chi connectivity index (χ2v) is 11.3. The van der Waals surface area contributed by atoms with E-state index in [9.17, 15) is 17.6 Å². The Morgan fingerprint density at radius 2 is 1.86 bits per heavy atom. The zero-order valence-electron chi connectivity index (χ0n) is 20.2. The highest BCUT2D eigenvalue weighted by molar-refractivity contribution is 7.89. The molecule has 0 bridgehead atoms. The third-order valence-electron chi connectivity index (χ3n) is 7.13. The van der Waals surface area contributed by atoms with E-state index in [4.69, 9.17) is 14.0 Å². The first kappa shape index (κ1) is 25.1. The van der Waals surface area contributed by atoms with Crippen molar-refractivity contribution in [3.63, 3.8) is 0 Å². The number of benzene rings is 1. The van der Waals surface area contributed by atoms with Gasteiger partial charge in [-0.1, -0.05) is 23.4 Å². The molecule has 3 aliphatic heterocycles. The van der Waals surface area contributed by atoms with E-state index in [1.807, 2.05) is 0 Å². The summed E-state index contributed by atoms with van der Waals surface area (Å²) in [6.45, 7) is 4.15. The molecular weight excluding hydrogens is 489 g/mol. The predicted octanol–water partition coefficient (Wildman–Crippen LogP) is 3.06. The highest BCUT2D eigenvalue weighted by Gasteiger charge is 2.43. The number of carbonyl (C=O) groups is 1. The van der Waals surface area contributed by atoms with Crippen LogP contribution in [0.1, 0.15) is 42.7 Å². The molecule has 3 aliphatic rings. The maximum Gasteiger partial charge on any atom is 0.248 e. The number of rotatable bonds is 5. The standard InChI is InChI=1S/C25H30FN3O6S/c1-18-23(22(35-27-18)9-8-19-5-2-3-7-21(19)26)36(31,32)29-12-4-6-20(17-29)24(30)28-13-10-25(11-14-28)33-15-16-34-25/h2-3,5,7-9,20H,4,6,10-17H2,1H3. The molecule has 1 atom stereocenters. The monoisotopic (exact) mass is 519 g/mol. The van der Waals surface area contributed by atoms with Gasteiger partial charge in [-0.05, 0) is 38.0 Å². The molecule has 2 aromatic rings. The van der Waals surface area contributed by atoms with E-state index in [0.717, 1.165) is 0 Å². The molecule has 3 saturated heterocycles. The van der Waals surface area contributed by atoms with E-state index >= 15 is 0 Å². The van der Waals surface area contributed by atoms with Crippen molar-refractivity contribution < 1.29 is 31.6 Å². The molecule has 3 fully saturated rings. The first-order valence-electron chi connectivity index (χ1n) is 12.2. The van der Waals surface area contributed by atoms with Crippen molar-refractivity contribution in [2.24, 2.45) is 5.92 Å². The summed E-state index contributed by atoms with van der Waals surface area (Å²) in [5.74, 6) is -1.43. The van der Waals surface area contributed by atoms with Crippen molar-refractivity contribution in [3.05, 3.63) is 47.1 Å². The Morgan fingerprint density at radius 1 is 1.14 bits per heavy atom. The van der Waals surface area contributed by atoms with Gasteiger partial charge in [0.2, 0.25) is 15.9 Å². The molecule has 1 aromatic heterocycles. The van der Waals surface area contributed by atoms with Crippen molar-refractivity contribution in [2.45, 2.75) is 43.3 Å². The normalized spacial score (nSPS) is 23.1. The highest BCUT2D eigenvalue weighted by atomic mass is 32.2. The fourth-order valence-electron chi connectivity index (χ4n) is 5.18. The van der Waals surface area contributed by atoms with Gasteiger partial charge in [-0.25, -0.2) is 12.8 Å². The van der Waals surface area contributed by atoms with Crippen molar-refractivity contribution in [1.29, 1.82) is 0 Å². The smallest absolute Gasteiger partial charge is 0.248 e. The van der Waals surface area contributed by atoms with Gasteiger partial charge >= 0.3 is 0 Å². The van der Waals surface area contributed by atoms with Crippen LogP contribution < -0.4 is 0 Å². The van der Waals surface area contributed by atoms with Crippen molar-refractivity contribution in [3.8, 4) is 0 Å². The SMILES string of the molecule is Cc1noc(C=Cc2ccccc2F)c1S(=O)(=O)N1CCCC(C(=O)N2CCC3(CC2)OCCO3)C1. The minimum Gasteiger partial charge on any atom is -0.355 e. The third-order valence-corrected chi connectivity index (χ3v) is 9.16. The van der Waals surface area contributed by atoms with Gasteiger partial charge in [0.25, 0.3) is 0 Å². The predicted molar refractivity (Wildman–Crippen MR) is 128 cm³/mol. The van der Waals surface area contributed by atoms with Crippen LogP contribution in [0.3, 0.4) is 0 Å². The molecule has 4 heterocycles. The van der Waals surface area contributed by atoms with E-state index in [0.29, 0.717) is 64.1 Å². The van der Waals surface area contributed by atoms with Crippen LogP contribution in [0.25, 0.3) is 12.2 Å². The van der Waals surface area contributed by atoms with Crippen LogP contribution in [0.15, 0.2) is 33.7 Å². The van der Waals surface area contributed by atoms with Gasteiger partial charge in [-0.2, -0.15) is 4.31 Å². The van der Waals surface area contributed by atoms with Crippen LogP contribution in [0, 0.1) is 18.7 Å². The van der Waals surface area contributed by atoms with Gasteiger partial charge < -0.3 is 18.9 Å². The number of hydrogen-bond acceptors (Lipinski definition) is 7. The highest BCUT2D eigenvalue weighted by Crippen LogP contribution is 2.34. The summed E-state index contributed by atoms with van der Waals surface area (Å²) in [7, 11) is -3.99. The Morgan fingerprint density at radius 3 is 2.58 bits per heavy atom. The maximum absolute atomic E-state index is 14.0. The molecule has 0 saturated carbocycles. The summed E-state index contributed by atoms with van der Waals surface area (Å²) >= 11 is 0. The molecule has 9 nitrogen and oxygen atoms in total. The maximum atomic E-state index is 14.0. The lowest BCUT2D eigenvalue weighted by Gasteiger charge is -2.40. The number of aryl methyl sites for hydroxylation is 1. The largest absolute Gasteiger partial charge is 0.355 e. The summed E-state index contributed by atoms with van der Waals surface area (Å²) in [5, 5.41) is 3.85. The fraction of sp³-hybridized carbons (Fsp3) is 0.520. The number of carbonyl (C=O) groups excluding carboxylic acids is 1. The van der Waals surface area contributed by atoms with E-state index in [2.05, 4.69) is 5.16 Å². The second kappa shape index (κ2) is 10.0. The Labute approximate surface area is 209 Å². The van der Waals surface area contributed by atoms with E-state index in [1.165, 1.54) is 22.5 Å². The van der Waals surface area contributed by atoms with Gasteiger partial charge in [0.05, 0.1) is 19.1 Å². The Balaban J connectivity index is 1.30. The summed E-state index contributed by atoms with van der Waals surface area (Å²) in [4.78, 5) is 15.0. The molecule has 0 radical (unpaired) electrons. The molecule has 194 valence electrons. The summed E-state index contributed by atoms with van der Waals surface area (Å²) in [6, 6.07) is 6.17. The van der Waals surface area contributed by atoms with Crippen LogP contribution in [0.2, 0.25) is 0 Å². The van der Waals surface area contributed by atoms with E-state index < -0.39 is 27.5 Å². The number of sulfonamides is 1. The summed E-state index contributed by atoms with van der Waals surface area (Å²) < 4.78 is 59.4. The zero-order chi connectivity index (χ0) is 25.3. The van der Waals surface area contributed by atoms with E-state index in [-0.39, 0.29) is 28.8 Å². The quantitative estimate of drug-likeness (QED) is 0.598. The number of likely N-dealkylation sites (tertiary alicyclic amines) is 1. The van der Waals surface area contributed by atoms with Gasteiger partial charge in [0.1, 0.15) is 11.5 Å². The molecule has 36 heavy (non-hydrogen) atoms. The van der Waals surface area contributed by atoms with Crippen molar-refractivity contribution >= 4 is 28.1 Å². The molecule has 1 unspecified atom stereocenters. The summed E-state index contributed by atoms with van der Waals surface area (Å²) in [6.07, 6.45) is 5.30. The number of hydrogen-bond donors (Lipinski definition) is 0. The third kappa shape index (κ3) is 4.84. The Kier molecular flexibility index (Phi) is 6.99. The number of halogens is 1. The van der Waals surface area contributed by atoms with Gasteiger partial charge in [-0.3, -0.25) is 4.79 Å². The molecule has 1 aromatic carbocycles. The fourth-order valence-corrected chi connectivity index (χ4v) is 6.95. The number of ether oxygens (including phenoxy) is 2. The number of piperidine rings is 2. The van der Waals surface area contributed by atoms with Gasteiger partial charge in [0, 0.05) is 44.6 Å². The van der Waals surface area contributed by atoms with Gasteiger partial charge in [-0.15, -0.1) is 0 Å². The average molecular weight is 520 g/mol. The topological polar surface area (TPSA) is 102 Å². The molecule has 11 heteroatoms. The van der Waals surface area contributed by atoms with Gasteiger partial charge in [0.15, 0.2) is 16.4 Å². The van der Waals surface area contributed by atoms with Crippen LogP contribution in [-0.2, 0) is 24.3 Å². The molecular formula is C25H30FN3O6S. The first-order valence-corrected chi connectivity index (χ1v) is 13.7. The average Bonchev–Trinajstić information content (AvgIpc) is 3.50. The van der Waals surface area contributed by atoms with Crippen molar-refractivity contribution in [2.75, 3.05) is 39.4 Å². The second-order valence-electron chi connectivity index (χ2n) is 9.45. The number of amides is 1. The van der Waals surface area contributed by atoms with Crippen LogP contribution >= 0.6 is 0 Å². The zero-order valence-corrected chi connectivity index (χ0v) is 21.0. The van der Waals surface area contributed by atoms with Crippen LogP contribution in [-0.4, -0.2) is 73.9 Å². The molecule has 5 rings (SSSR count). The first-order chi connectivity index (χ1) is 17.3. The molecule has 1 spiro atoms. The summed E-state index contributed by atoms with van der Waals surface area (Å²) in [5.41, 5.74) is 0.518. The lowest BCUT2D eigenvalue weighted by molar-refractivity contribution is -0.188. The Bertz CT molecular complexity index is 1240. The molecule has 0 N–H and O–H groups in total. The number of aromatic nitrogens is 1. The minimum absolute atomic E-state index is 0.0297. The lowest BCUT2D eigenvalue weighted by Crippen LogP contribution is -2.51. The minimum atomic E-state index is -3.99. The van der Waals surface area contributed by atoms with Crippen LogP contribution in [0.4, 0.5) is 4.39 Å². The van der Waals surface area contributed by atoms with Crippen LogP contribution in [0.5, 0.6) is 0 Å². The Hall–Kier alpha value is -2.60. The number of nitrogens with zero attached hydrogens (tertiary/aromatic N) is 3. The van der Waals surface area contributed by atoms with Crippen molar-refractivity contribution in [1.82, 2.24) is 14.4 Å².